The smallest absolute Gasteiger partial charge is 0.423 e. The molecule has 5 heteroatoms. The molecule has 0 saturated heterocycles. The van der Waals surface area contributed by atoms with Crippen LogP contribution in [0.15, 0.2) is 12.3 Å². The highest BCUT2D eigenvalue weighted by Crippen LogP contribution is 2.38. The van der Waals surface area contributed by atoms with E-state index in [1.807, 2.05) is 0 Å². The van der Waals surface area contributed by atoms with Gasteiger partial charge in [-0.15, -0.1) is 0 Å². The van der Waals surface area contributed by atoms with Gasteiger partial charge in [0.1, 0.15) is 0 Å². The van der Waals surface area contributed by atoms with Crippen molar-refractivity contribution in [3.05, 3.63) is 18.0 Å². The molecular weight excluding hydrogens is 155 g/mol. The first-order valence-corrected chi connectivity index (χ1v) is 3.96. The fraction of sp³-hybridized carbons (Fsp3) is 0.429. The zero-order chi connectivity index (χ0) is 8.55. The highest BCUT2D eigenvalue weighted by molar-refractivity contribution is 6.58. The van der Waals surface area contributed by atoms with E-state index in [1.165, 1.54) is 6.20 Å². The molecular formula is C7H9BN2O2. The lowest BCUT2D eigenvalue weighted by Crippen LogP contribution is -2.30. The molecule has 1 aliphatic rings. The Morgan fingerprint density at radius 2 is 2.17 bits per heavy atom. The summed E-state index contributed by atoms with van der Waals surface area (Å²) in [7, 11) is -1.43. The van der Waals surface area contributed by atoms with Crippen LogP contribution in [0, 0.1) is 0 Å². The van der Waals surface area contributed by atoms with Gasteiger partial charge in [0.15, 0.2) is 0 Å². The van der Waals surface area contributed by atoms with E-state index in [2.05, 4.69) is 10.2 Å². The van der Waals surface area contributed by atoms with Crippen LogP contribution in [0.5, 0.6) is 0 Å². The molecule has 2 rings (SSSR count). The van der Waals surface area contributed by atoms with Crippen molar-refractivity contribution in [2.75, 3.05) is 0 Å². The Morgan fingerprint density at radius 1 is 1.42 bits per heavy atom. The van der Waals surface area contributed by atoms with Gasteiger partial charge < -0.3 is 10.0 Å². The molecule has 1 fully saturated rings. The van der Waals surface area contributed by atoms with Crippen LogP contribution in [-0.4, -0.2) is 27.4 Å². The van der Waals surface area contributed by atoms with Crippen LogP contribution in [-0.2, 0) is 0 Å². The largest absolute Gasteiger partial charge is 0.490 e. The molecule has 2 N–H and O–H groups in total. The predicted octanol–water partition coefficient (Wildman–Crippen LogP) is -0.966. The summed E-state index contributed by atoms with van der Waals surface area (Å²) in [6.07, 6.45) is 3.65. The van der Waals surface area contributed by atoms with Gasteiger partial charge in [-0.1, -0.05) is 0 Å². The second kappa shape index (κ2) is 2.84. The molecule has 4 nitrogen and oxygen atoms in total. The summed E-state index contributed by atoms with van der Waals surface area (Å²) >= 11 is 0. The van der Waals surface area contributed by atoms with E-state index in [9.17, 15) is 0 Å². The standard InChI is InChI=1S/C7H9BN2O2/c11-8(12)6-3-7(5-1-2-5)10-9-4-6/h3-5,11-12H,1-2H2. The number of rotatable bonds is 2. The average Bonchev–Trinajstić information content (AvgIpc) is 2.87. The summed E-state index contributed by atoms with van der Waals surface area (Å²) in [6, 6.07) is 1.70. The Labute approximate surface area is 70.4 Å². The minimum Gasteiger partial charge on any atom is -0.423 e. The van der Waals surface area contributed by atoms with Crippen molar-refractivity contribution < 1.29 is 10.0 Å². The summed E-state index contributed by atoms with van der Waals surface area (Å²) < 4.78 is 0. The van der Waals surface area contributed by atoms with Crippen molar-refractivity contribution in [2.45, 2.75) is 18.8 Å². The summed E-state index contributed by atoms with van der Waals surface area (Å²) in [5.74, 6) is 0.496. The first kappa shape index (κ1) is 7.70. The zero-order valence-electron chi connectivity index (χ0n) is 6.51. The Kier molecular flexibility index (Phi) is 1.82. The molecule has 1 saturated carbocycles. The Hall–Kier alpha value is -0.935. The van der Waals surface area contributed by atoms with Gasteiger partial charge in [-0.25, -0.2) is 0 Å². The monoisotopic (exact) mass is 164 g/mol. The van der Waals surface area contributed by atoms with E-state index in [0.717, 1.165) is 18.5 Å². The lowest BCUT2D eigenvalue weighted by Gasteiger charge is -1.99. The molecule has 62 valence electrons. The fourth-order valence-corrected chi connectivity index (χ4v) is 1.12. The molecule has 0 amide bonds. The quantitative estimate of drug-likeness (QED) is 0.552. The summed E-state index contributed by atoms with van der Waals surface area (Å²) in [4.78, 5) is 0. The lowest BCUT2D eigenvalue weighted by molar-refractivity contribution is 0.425. The Morgan fingerprint density at radius 3 is 2.75 bits per heavy atom. The van der Waals surface area contributed by atoms with Crippen LogP contribution < -0.4 is 5.46 Å². The average molecular weight is 164 g/mol. The van der Waals surface area contributed by atoms with Gasteiger partial charge in [-0.2, -0.15) is 10.2 Å². The minimum atomic E-state index is -1.43. The molecule has 0 spiro atoms. The van der Waals surface area contributed by atoms with Crippen molar-refractivity contribution in [1.82, 2.24) is 10.2 Å². The topological polar surface area (TPSA) is 66.2 Å². The Bertz CT molecular complexity index is 271. The Balaban J connectivity index is 2.26. The van der Waals surface area contributed by atoms with Crippen LogP contribution >= 0.6 is 0 Å². The molecule has 1 aromatic rings. The SMILES string of the molecule is OB(O)c1cnnc(C2CC2)c1. The van der Waals surface area contributed by atoms with Crippen LogP contribution in [0.2, 0.25) is 0 Å². The van der Waals surface area contributed by atoms with E-state index in [0.29, 0.717) is 11.4 Å². The maximum Gasteiger partial charge on any atom is 0.490 e. The molecule has 1 aliphatic carbocycles. The van der Waals surface area contributed by atoms with Crippen molar-refractivity contribution >= 4 is 12.6 Å². The van der Waals surface area contributed by atoms with E-state index in [1.54, 1.807) is 6.07 Å². The minimum absolute atomic E-state index is 0.423. The van der Waals surface area contributed by atoms with Gasteiger partial charge in [0, 0.05) is 17.6 Å². The van der Waals surface area contributed by atoms with Gasteiger partial charge >= 0.3 is 7.12 Å². The van der Waals surface area contributed by atoms with Crippen molar-refractivity contribution in [3.8, 4) is 0 Å². The third kappa shape index (κ3) is 1.46. The highest BCUT2D eigenvalue weighted by atomic mass is 16.4. The second-order valence-electron chi connectivity index (χ2n) is 3.06. The molecule has 0 aromatic carbocycles. The van der Waals surface area contributed by atoms with Gasteiger partial charge in [-0.05, 0) is 18.9 Å². The van der Waals surface area contributed by atoms with Crippen molar-refractivity contribution in [1.29, 1.82) is 0 Å². The highest BCUT2D eigenvalue weighted by Gasteiger charge is 2.26. The number of nitrogens with zero attached hydrogens (tertiary/aromatic N) is 2. The maximum atomic E-state index is 8.84. The predicted molar refractivity (Wildman–Crippen MR) is 43.8 cm³/mol. The lowest BCUT2D eigenvalue weighted by atomic mass is 9.81. The van der Waals surface area contributed by atoms with Crippen LogP contribution in [0.25, 0.3) is 0 Å². The molecule has 1 heterocycles. The maximum absolute atomic E-state index is 8.84. The van der Waals surface area contributed by atoms with Gasteiger partial charge in [0.05, 0.1) is 5.69 Å². The molecule has 0 bridgehead atoms. The number of hydrogen-bond donors (Lipinski definition) is 2. The third-order valence-corrected chi connectivity index (χ3v) is 1.99. The number of hydrogen-bond acceptors (Lipinski definition) is 4. The second-order valence-corrected chi connectivity index (χ2v) is 3.06. The molecule has 0 unspecified atom stereocenters. The third-order valence-electron chi connectivity index (χ3n) is 1.99. The normalized spacial score (nSPS) is 16.2. The van der Waals surface area contributed by atoms with Gasteiger partial charge in [-0.3, -0.25) is 0 Å². The molecule has 1 aromatic heterocycles. The van der Waals surface area contributed by atoms with E-state index in [4.69, 9.17) is 10.0 Å². The summed E-state index contributed by atoms with van der Waals surface area (Å²) in [5, 5.41) is 25.3. The summed E-state index contributed by atoms with van der Waals surface area (Å²) in [6.45, 7) is 0. The first-order valence-electron chi connectivity index (χ1n) is 3.96. The van der Waals surface area contributed by atoms with E-state index >= 15 is 0 Å². The van der Waals surface area contributed by atoms with Crippen molar-refractivity contribution in [3.63, 3.8) is 0 Å². The fourth-order valence-electron chi connectivity index (χ4n) is 1.12. The van der Waals surface area contributed by atoms with Crippen LogP contribution in [0.3, 0.4) is 0 Å². The van der Waals surface area contributed by atoms with Crippen molar-refractivity contribution in [2.24, 2.45) is 0 Å². The molecule has 12 heavy (non-hydrogen) atoms. The first-order chi connectivity index (χ1) is 5.77. The number of aromatic nitrogens is 2. The van der Waals surface area contributed by atoms with E-state index < -0.39 is 7.12 Å². The van der Waals surface area contributed by atoms with Crippen LogP contribution in [0.4, 0.5) is 0 Å². The van der Waals surface area contributed by atoms with Crippen LogP contribution in [0.1, 0.15) is 24.5 Å². The molecule has 0 aliphatic heterocycles. The van der Waals surface area contributed by atoms with Gasteiger partial charge in [0.2, 0.25) is 0 Å². The zero-order valence-corrected chi connectivity index (χ0v) is 6.51. The molecule has 0 atom stereocenters. The van der Waals surface area contributed by atoms with Gasteiger partial charge in [0.25, 0.3) is 0 Å². The summed E-state index contributed by atoms with van der Waals surface area (Å²) in [5.41, 5.74) is 1.30. The van der Waals surface area contributed by atoms with E-state index in [-0.39, 0.29) is 0 Å². The molecule has 0 radical (unpaired) electrons.